The van der Waals surface area contributed by atoms with E-state index in [0.717, 1.165) is 23.4 Å². The van der Waals surface area contributed by atoms with E-state index in [1.54, 1.807) is 25.6 Å². The first-order valence-corrected chi connectivity index (χ1v) is 9.08. The van der Waals surface area contributed by atoms with Crippen molar-refractivity contribution >= 4 is 23.7 Å². The summed E-state index contributed by atoms with van der Waals surface area (Å²) in [5.74, 6) is 1.45. The topological polar surface area (TPSA) is 105 Å². The lowest BCUT2D eigenvalue weighted by Crippen LogP contribution is -2.22. The Bertz CT molecular complexity index is 1020. The first kappa shape index (κ1) is 20.3. The van der Waals surface area contributed by atoms with Gasteiger partial charge in [-0.1, -0.05) is 0 Å². The van der Waals surface area contributed by atoms with Crippen LogP contribution in [0.2, 0.25) is 0 Å². The maximum absolute atomic E-state index is 11.7. The molecule has 0 atom stereocenters. The predicted molar refractivity (Wildman–Crippen MR) is 111 cm³/mol. The van der Waals surface area contributed by atoms with Gasteiger partial charge in [-0.15, -0.1) is 0 Å². The van der Waals surface area contributed by atoms with Crippen molar-refractivity contribution in [2.75, 3.05) is 37.5 Å². The van der Waals surface area contributed by atoms with E-state index in [9.17, 15) is 9.90 Å². The molecule has 9 nitrogen and oxygen atoms in total. The number of ether oxygens (including phenoxy) is 1. The van der Waals surface area contributed by atoms with Crippen LogP contribution in [0, 0.1) is 13.8 Å². The van der Waals surface area contributed by atoms with Gasteiger partial charge >= 0.3 is 0 Å². The third kappa shape index (κ3) is 4.35. The number of nitrogens with zero attached hydrogens (tertiary/aromatic N) is 5. The summed E-state index contributed by atoms with van der Waals surface area (Å²) in [5.41, 5.74) is 3.21. The fraction of sp³-hybridized carbons (Fsp3) is 0.300. The number of aliphatic hydroxyl groups excluding tert-OH is 1. The van der Waals surface area contributed by atoms with Gasteiger partial charge in [0.2, 0.25) is 5.95 Å². The summed E-state index contributed by atoms with van der Waals surface area (Å²) in [4.78, 5) is 26.7. The van der Waals surface area contributed by atoms with Gasteiger partial charge < -0.3 is 24.6 Å². The van der Waals surface area contributed by atoms with Gasteiger partial charge in [0.25, 0.3) is 0 Å². The second kappa shape index (κ2) is 8.70. The number of aldehydes is 1. The number of carbonyl (C=O) groups excluding carboxylic acids is 1. The molecule has 0 aliphatic heterocycles. The second-order valence-electron chi connectivity index (χ2n) is 6.58. The summed E-state index contributed by atoms with van der Waals surface area (Å²) < 4.78 is 7.46. The minimum absolute atomic E-state index is 0.0117. The van der Waals surface area contributed by atoms with E-state index in [1.807, 2.05) is 42.6 Å². The molecule has 2 aromatic heterocycles. The normalized spacial score (nSPS) is 10.7. The van der Waals surface area contributed by atoms with Crippen LogP contribution in [0.1, 0.15) is 21.7 Å². The average molecular weight is 396 g/mol. The number of carbonyl (C=O) groups is 1. The van der Waals surface area contributed by atoms with Crippen LogP contribution in [0.5, 0.6) is 5.75 Å². The summed E-state index contributed by atoms with van der Waals surface area (Å²) in [6.07, 6.45) is 4.30. The Morgan fingerprint density at radius 1 is 1.28 bits per heavy atom. The molecule has 2 heterocycles. The molecule has 2 N–H and O–H groups in total. The Kier molecular flexibility index (Phi) is 6.08. The zero-order valence-electron chi connectivity index (χ0n) is 16.9. The Morgan fingerprint density at radius 3 is 2.69 bits per heavy atom. The van der Waals surface area contributed by atoms with Crippen LogP contribution in [-0.2, 0) is 0 Å². The summed E-state index contributed by atoms with van der Waals surface area (Å²) >= 11 is 0. The second-order valence-corrected chi connectivity index (χ2v) is 6.58. The highest BCUT2D eigenvalue weighted by molar-refractivity contribution is 5.90. The number of rotatable bonds is 8. The Morgan fingerprint density at radius 2 is 2.07 bits per heavy atom. The molecule has 9 heteroatoms. The van der Waals surface area contributed by atoms with Crippen molar-refractivity contribution in [2.24, 2.45) is 0 Å². The molecule has 0 saturated carbocycles. The fourth-order valence-corrected chi connectivity index (χ4v) is 2.96. The predicted octanol–water partition coefficient (Wildman–Crippen LogP) is 2.27. The zero-order chi connectivity index (χ0) is 21.0. The van der Waals surface area contributed by atoms with Crippen LogP contribution in [0.3, 0.4) is 0 Å². The number of aliphatic hydroxyl groups is 1. The minimum Gasteiger partial charge on any atom is -0.492 e. The van der Waals surface area contributed by atoms with E-state index < -0.39 is 0 Å². The number of likely N-dealkylation sites (N-methyl/N-ethyl adjacent to an activating group) is 1. The molecule has 0 amide bonds. The number of hydrogen-bond donors (Lipinski definition) is 2. The van der Waals surface area contributed by atoms with Crippen LogP contribution in [-0.4, -0.2) is 58.2 Å². The molecular weight excluding hydrogens is 372 g/mol. The third-order valence-corrected chi connectivity index (χ3v) is 4.39. The molecular formula is C20H24N6O3. The van der Waals surface area contributed by atoms with E-state index in [2.05, 4.69) is 20.3 Å². The van der Waals surface area contributed by atoms with Crippen LogP contribution in [0.15, 0.2) is 30.7 Å². The number of aryl methyl sites for hydroxylation is 2. The lowest BCUT2D eigenvalue weighted by atomic mass is 10.1. The van der Waals surface area contributed by atoms with Crippen molar-refractivity contribution in [1.29, 1.82) is 0 Å². The van der Waals surface area contributed by atoms with Gasteiger partial charge in [-0.05, 0) is 26.0 Å². The molecule has 0 radical (unpaired) electrons. The van der Waals surface area contributed by atoms with E-state index in [1.165, 1.54) is 0 Å². The maximum Gasteiger partial charge on any atom is 0.229 e. The number of methoxy groups -OCH3 is 1. The number of aromatic nitrogens is 4. The van der Waals surface area contributed by atoms with Gasteiger partial charge in [-0.3, -0.25) is 4.79 Å². The molecule has 29 heavy (non-hydrogen) atoms. The van der Waals surface area contributed by atoms with Gasteiger partial charge in [0.1, 0.15) is 5.82 Å². The average Bonchev–Trinajstić information content (AvgIpc) is 3.13. The van der Waals surface area contributed by atoms with Crippen LogP contribution < -0.4 is 15.0 Å². The number of nitrogens with one attached hydrogen (secondary N) is 1. The number of benzene rings is 1. The molecule has 3 aromatic rings. The molecule has 0 aliphatic carbocycles. The van der Waals surface area contributed by atoms with E-state index in [0.29, 0.717) is 35.3 Å². The standard InChI is InChI=1S/C20H24N6O3/c1-13-9-17(25(3)7-8-27)23-20(22-13)24-18-15(11-28)5-6-16(19(18)29-4)26-10-14(2)21-12-26/h5-6,9-12,27H,7-8H2,1-4H3,(H,22,23,24). The smallest absolute Gasteiger partial charge is 0.229 e. The molecule has 0 fully saturated rings. The van der Waals surface area contributed by atoms with Gasteiger partial charge in [0.05, 0.1) is 37.1 Å². The highest BCUT2D eigenvalue weighted by Gasteiger charge is 2.18. The van der Waals surface area contributed by atoms with Crippen LogP contribution in [0.25, 0.3) is 5.69 Å². The highest BCUT2D eigenvalue weighted by Crippen LogP contribution is 2.36. The minimum atomic E-state index is 0.0117. The fourth-order valence-electron chi connectivity index (χ4n) is 2.96. The Labute approximate surface area is 169 Å². The molecule has 3 rings (SSSR count). The van der Waals surface area contributed by atoms with Crippen LogP contribution in [0.4, 0.5) is 17.5 Å². The van der Waals surface area contributed by atoms with Gasteiger partial charge in [0, 0.05) is 37.1 Å². The van der Waals surface area contributed by atoms with Gasteiger partial charge in [-0.2, -0.15) is 4.98 Å². The van der Waals surface area contributed by atoms with E-state index in [-0.39, 0.29) is 6.61 Å². The SMILES string of the molecule is COc1c(-n2cnc(C)c2)ccc(C=O)c1Nc1nc(C)cc(N(C)CCO)n1. The molecule has 0 saturated heterocycles. The first-order valence-electron chi connectivity index (χ1n) is 9.08. The summed E-state index contributed by atoms with van der Waals surface area (Å²) in [6.45, 7) is 4.20. The summed E-state index contributed by atoms with van der Waals surface area (Å²) in [5, 5.41) is 12.3. The molecule has 1 aromatic carbocycles. The zero-order valence-corrected chi connectivity index (χ0v) is 16.9. The quantitative estimate of drug-likeness (QED) is 0.559. The van der Waals surface area contributed by atoms with Crippen molar-refractivity contribution in [3.8, 4) is 11.4 Å². The third-order valence-electron chi connectivity index (χ3n) is 4.39. The number of hydrogen-bond acceptors (Lipinski definition) is 8. The van der Waals surface area contributed by atoms with Crippen molar-refractivity contribution in [3.63, 3.8) is 0 Å². The van der Waals surface area contributed by atoms with Crippen molar-refractivity contribution in [3.05, 3.63) is 47.7 Å². The van der Waals surface area contributed by atoms with Crippen LogP contribution >= 0.6 is 0 Å². The molecule has 0 unspecified atom stereocenters. The van der Waals surface area contributed by atoms with Crippen molar-refractivity contribution in [1.82, 2.24) is 19.5 Å². The summed E-state index contributed by atoms with van der Waals surface area (Å²) in [6, 6.07) is 5.33. The molecule has 0 aliphatic rings. The maximum atomic E-state index is 11.7. The Balaban J connectivity index is 2.07. The Hall–Kier alpha value is -3.46. The lowest BCUT2D eigenvalue weighted by Gasteiger charge is -2.20. The highest BCUT2D eigenvalue weighted by atomic mass is 16.5. The van der Waals surface area contributed by atoms with Crippen molar-refractivity contribution < 1.29 is 14.6 Å². The molecule has 0 spiro atoms. The first-order chi connectivity index (χ1) is 14.0. The summed E-state index contributed by atoms with van der Waals surface area (Å²) in [7, 11) is 3.38. The number of imidazole rings is 1. The van der Waals surface area contributed by atoms with Gasteiger partial charge in [-0.25, -0.2) is 9.97 Å². The van der Waals surface area contributed by atoms with E-state index in [4.69, 9.17) is 4.74 Å². The molecule has 0 bridgehead atoms. The van der Waals surface area contributed by atoms with Crippen molar-refractivity contribution in [2.45, 2.75) is 13.8 Å². The lowest BCUT2D eigenvalue weighted by molar-refractivity contribution is 0.112. The molecule has 152 valence electrons. The number of anilines is 3. The van der Waals surface area contributed by atoms with E-state index >= 15 is 0 Å². The largest absolute Gasteiger partial charge is 0.492 e. The van der Waals surface area contributed by atoms with Gasteiger partial charge in [0.15, 0.2) is 12.0 Å². The monoisotopic (exact) mass is 396 g/mol.